The number of hydrogen-bond donors (Lipinski definition) is 2. The molecule has 0 radical (unpaired) electrons. The molecule has 2 N–H and O–H groups in total. The number of alkyl halides is 3. The Kier molecular flexibility index (Phi) is 5.20. The number of carbonyl (C=O) groups excluding carboxylic acids is 1. The molecule has 6 nitrogen and oxygen atoms in total. The third-order valence-electron chi connectivity index (χ3n) is 2.87. The molecule has 2 amide bonds. The van der Waals surface area contributed by atoms with E-state index in [1.807, 2.05) is 6.92 Å². The Balaban J connectivity index is 1.97. The van der Waals surface area contributed by atoms with E-state index in [2.05, 4.69) is 25.3 Å². The van der Waals surface area contributed by atoms with Gasteiger partial charge in [-0.25, -0.2) is 4.79 Å². The topological polar surface area (TPSA) is 80.0 Å². The highest BCUT2D eigenvalue weighted by molar-refractivity contribution is 5.73. The lowest BCUT2D eigenvalue weighted by molar-refractivity contribution is -0.159. The van der Waals surface area contributed by atoms with E-state index in [0.717, 1.165) is 12.0 Å². The number of halogens is 3. The molecule has 0 spiro atoms. The third-order valence-corrected chi connectivity index (χ3v) is 2.87. The van der Waals surface area contributed by atoms with Crippen LogP contribution in [-0.2, 0) is 12.7 Å². The lowest BCUT2D eigenvalue weighted by Crippen LogP contribution is -2.35. The molecule has 0 aliphatic carbocycles. The second-order valence-electron chi connectivity index (χ2n) is 4.73. The van der Waals surface area contributed by atoms with E-state index in [0.29, 0.717) is 18.7 Å². The average molecular weight is 328 g/mol. The second-order valence-corrected chi connectivity index (χ2v) is 4.73. The van der Waals surface area contributed by atoms with Gasteiger partial charge in [0, 0.05) is 18.7 Å². The van der Waals surface area contributed by atoms with Crippen molar-refractivity contribution in [3.8, 4) is 11.4 Å². The van der Waals surface area contributed by atoms with Gasteiger partial charge < -0.3 is 15.2 Å². The Morgan fingerprint density at radius 1 is 1.22 bits per heavy atom. The van der Waals surface area contributed by atoms with E-state index < -0.39 is 12.1 Å². The first-order valence-electron chi connectivity index (χ1n) is 6.92. The molecule has 0 saturated carbocycles. The van der Waals surface area contributed by atoms with Gasteiger partial charge in [-0.2, -0.15) is 18.2 Å². The highest BCUT2D eigenvalue weighted by atomic mass is 19.4. The van der Waals surface area contributed by atoms with E-state index in [-0.39, 0.29) is 11.9 Å². The Bertz CT molecular complexity index is 653. The van der Waals surface area contributed by atoms with E-state index in [1.165, 1.54) is 0 Å². The van der Waals surface area contributed by atoms with Crippen LogP contribution in [0.5, 0.6) is 0 Å². The number of amides is 2. The van der Waals surface area contributed by atoms with Gasteiger partial charge in [0.25, 0.3) is 0 Å². The van der Waals surface area contributed by atoms with Crippen molar-refractivity contribution in [3.05, 3.63) is 35.7 Å². The molecule has 0 saturated heterocycles. The summed E-state index contributed by atoms with van der Waals surface area (Å²) in [5.41, 5.74) is 1.18. The van der Waals surface area contributed by atoms with Crippen LogP contribution in [0.15, 0.2) is 28.8 Å². The fourth-order valence-corrected chi connectivity index (χ4v) is 1.71. The molecule has 2 aromatic rings. The Hall–Kier alpha value is -2.58. The van der Waals surface area contributed by atoms with Crippen LogP contribution in [-0.4, -0.2) is 22.7 Å². The maximum Gasteiger partial charge on any atom is 0.471 e. The van der Waals surface area contributed by atoms with Crippen molar-refractivity contribution in [2.45, 2.75) is 26.1 Å². The largest absolute Gasteiger partial charge is 0.471 e. The van der Waals surface area contributed by atoms with Gasteiger partial charge in [-0.15, -0.1) is 0 Å². The number of benzene rings is 1. The van der Waals surface area contributed by atoms with Crippen LogP contribution in [0.4, 0.5) is 18.0 Å². The van der Waals surface area contributed by atoms with Gasteiger partial charge in [-0.3, -0.25) is 0 Å². The van der Waals surface area contributed by atoms with Crippen LogP contribution in [0, 0.1) is 0 Å². The molecule has 0 bridgehead atoms. The molecule has 0 atom stereocenters. The maximum atomic E-state index is 12.4. The molecule has 0 unspecified atom stereocenters. The summed E-state index contributed by atoms with van der Waals surface area (Å²) in [6, 6.07) is 6.18. The van der Waals surface area contributed by atoms with Gasteiger partial charge in [0.05, 0.1) is 0 Å². The van der Waals surface area contributed by atoms with Crippen LogP contribution in [0.25, 0.3) is 11.4 Å². The number of nitrogens with one attached hydrogen (secondary N) is 2. The van der Waals surface area contributed by atoms with E-state index >= 15 is 0 Å². The number of rotatable bonds is 5. The van der Waals surface area contributed by atoms with E-state index in [4.69, 9.17) is 0 Å². The van der Waals surface area contributed by atoms with Gasteiger partial charge in [0.2, 0.25) is 5.82 Å². The average Bonchev–Trinajstić information content (AvgIpc) is 3.01. The second kappa shape index (κ2) is 7.12. The Morgan fingerprint density at radius 2 is 1.91 bits per heavy atom. The molecular formula is C14H15F3N4O2. The van der Waals surface area contributed by atoms with E-state index in [1.54, 1.807) is 24.3 Å². The number of hydrogen-bond acceptors (Lipinski definition) is 4. The highest BCUT2D eigenvalue weighted by Crippen LogP contribution is 2.29. The number of carbonyl (C=O) groups is 1. The summed E-state index contributed by atoms with van der Waals surface area (Å²) in [7, 11) is 0. The fraction of sp³-hybridized carbons (Fsp3) is 0.357. The monoisotopic (exact) mass is 328 g/mol. The first-order chi connectivity index (χ1) is 10.9. The van der Waals surface area contributed by atoms with Gasteiger partial charge in [0.15, 0.2) is 0 Å². The van der Waals surface area contributed by atoms with Gasteiger partial charge in [-0.1, -0.05) is 36.3 Å². The summed E-state index contributed by atoms with van der Waals surface area (Å²) in [5.74, 6) is -1.52. The normalized spacial score (nSPS) is 11.3. The minimum atomic E-state index is -4.67. The molecule has 0 aliphatic rings. The maximum absolute atomic E-state index is 12.4. The SMILES string of the molecule is CCCNC(=O)NCc1ccc(-c2noc(C(F)(F)F)n2)cc1. The van der Waals surface area contributed by atoms with Crippen molar-refractivity contribution in [1.82, 2.24) is 20.8 Å². The molecule has 1 heterocycles. The van der Waals surface area contributed by atoms with Gasteiger partial charge in [-0.05, 0) is 12.0 Å². The summed E-state index contributed by atoms with van der Waals surface area (Å²) in [4.78, 5) is 14.7. The standard InChI is InChI=1S/C14H15F3N4O2/c1-2-7-18-13(22)19-8-9-3-5-10(6-4-9)11-20-12(23-21-11)14(15,16)17/h3-6H,2,7-8H2,1H3,(H2,18,19,22). The van der Waals surface area contributed by atoms with E-state index in [9.17, 15) is 18.0 Å². The van der Waals surface area contributed by atoms with Crippen molar-refractivity contribution in [2.75, 3.05) is 6.54 Å². The van der Waals surface area contributed by atoms with Crippen molar-refractivity contribution in [3.63, 3.8) is 0 Å². The van der Waals surface area contributed by atoms with Gasteiger partial charge in [0.1, 0.15) is 0 Å². The lowest BCUT2D eigenvalue weighted by Gasteiger charge is -2.06. The summed E-state index contributed by atoms with van der Waals surface area (Å²) >= 11 is 0. The van der Waals surface area contributed by atoms with Crippen LogP contribution in [0.1, 0.15) is 24.8 Å². The summed E-state index contributed by atoms with van der Waals surface area (Å²) in [6.07, 6.45) is -3.83. The highest BCUT2D eigenvalue weighted by Gasteiger charge is 2.38. The molecular weight excluding hydrogens is 313 g/mol. The zero-order valence-electron chi connectivity index (χ0n) is 12.3. The van der Waals surface area contributed by atoms with Crippen molar-refractivity contribution in [2.24, 2.45) is 0 Å². The van der Waals surface area contributed by atoms with Crippen LogP contribution < -0.4 is 10.6 Å². The predicted molar refractivity (Wildman–Crippen MR) is 75.3 cm³/mol. The minimum absolute atomic E-state index is 0.141. The first-order valence-corrected chi connectivity index (χ1v) is 6.92. The molecule has 2 rings (SSSR count). The fourth-order valence-electron chi connectivity index (χ4n) is 1.71. The molecule has 0 aliphatic heterocycles. The minimum Gasteiger partial charge on any atom is -0.338 e. The number of aromatic nitrogens is 2. The molecule has 124 valence electrons. The molecule has 9 heteroatoms. The van der Waals surface area contributed by atoms with Gasteiger partial charge >= 0.3 is 18.1 Å². The zero-order valence-corrected chi connectivity index (χ0v) is 12.3. The Labute approximate surface area is 130 Å². The van der Waals surface area contributed by atoms with Crippen molar-refractivity contribution >= 4 is 6.03 Å². The molecule has 1 aromatic carbocycles. The quantitative estimate of drug-likeness (QED) is 0.884. The van der Waals surface area contributed by atoms with Crippen LogP contribution in [0.3, 0.4) is 0 Å². The lowest BCUT2D eigenvalue weighted by atomic mass is 10.1. The summed E-state index contributed by atoms with van der Waals surface area (Å²) in [6.45, 7) is 2.83. The smallest absolute Gasteiger partial charge is 0.338 e. The molecule has 23 heavy (non-hydrogen) atoms. The van der Waals surface area contributed by atoms with Crippen molar-refractivity contribution < 1.29 is 22.5 Å². The van der Waals surface area contributed by atoms with Crippen molar-refractivity contribution in [1.29, 1.82) is 0 Å². The number of nitrogens with zero attached hydrogens (tertiary/aromatic N) is 2. The Morgan fingerprint density at radius 3 is 2.48 bits per heavy atom. The van der Waals surface area contributed by atoms with Crippen LogP contribution >= 0.6 is 0 Å². The number of urea groups is 1. The van der Waals surface area contributed by atoms with Crippen LogP contribution in [0.2, 0.25) is 0 Å². The molecule has 0 fully saturated rings. The zero-order chi connectivity index (χ0) is 16.9. The predicted octanol–water partition coefficient (Wildman–Crippen LogP) is 2.96. The molecule has 1 aromatic heterocycles. The summed E-state index contributed by atoms with van der Waals surface area (Å²) < 4.78 is 41.4. The summed E-state index contributed by atoms with van der Waals surface area (Å²) in [5, 5.41) is 8.64. The first kappa shape index (κ1) is 16.8. The third kappa shape index (κ3) is 4.70.